The van der Waals surface area contributed by atoms with Crippen molar-refractivity contribution in [2.75, 3.05) is 6.61 Å². The van der Waals surface area contributed by atoms with Crippen LogP contribution in [0.4, 0.5) is 0 Å². The normalized spacial score (nSPS) is 13.7. The van der Waals surface area contributed by atoms with Gasteiger partial charge in [0.2, 0.25) is 5.91 Å². The van der Waals surface area contributed by atoms with Crippen LogP contribution >= 0.6 is 0 Å². The Morgan fingerprint density at radius 3 is 2.44 bits per heavy atom. The molecule has 0 heterocycles. The summed E-state index contributed by atoms with van der Waals surface area (Å²) in [4.78, 5) is 23.1. The molecule has 1 rings (SSSR count). The van der Waals surface area contributed by atoms with Crippen molar-refractivity contribution in [1.29, 1.82) is 0 Å². The van der Waals surface area contributed by atoms with Gasteiger partial charge in [-0.3, -0.25) is 9.59 Å². The van der Waals surface area contributed by atoms with Gasteiger partial charge >= 0.3 is 5.97 Å². The van der Waals surface area contributed by atoms with Crippen molar-refractivity contribution in [3.05, 3.63) is 35.9 Å². The number of carbonyl (C=O) groups excluding carboxylic acids is 2. The Morgan fingerprint density at radius 1 is 1.33 bits per heavy atom. The minimum atomic E-state index is -1.48. The second-order valence-electron chi connectivity index (χ2n) is 4.23. The van der Waals surface area contributed by atoms with Crippen LogP contribution in [0.5, 0.6) is 0 Å². The molecule has 1 amide bonds. The number of hydrogen-bond acceptors (Lipinski definition) is 4. The molecule has 0 bridgehead atoms. The van der Waals surface area contributed by atoms with Crippen molar-refractivity contribution in [3.8, 4) is 0 Å². The van der Waals surface area contributed by atoms with Gasteiger partial charge < -0.3 is 15.6 Å². The van der Waals surface area contributed by atoms with Crippen LogP contribution < -0.4 is 5.73 Å². The molecule has 1 atom stereocenters. The number of amides is 1. The molecule has 0 aliphatic rings. The molecule has 0 aromatic heterocycles. The first-order valence-electron chi connectivity index (χ1n) is 5.62. The van der Waals surface area contributed by atoms with Crippen molar-refractivity contribution in [2.45, 2.75) is 20.0 Å². The van der Waals surface area contributed by atoms with Gasteiger partial charge in [0.15, 0.2) is 0 Å². The lowest BCUT2D eigenvalue weighted by Crippen LogP contribution is -2.43. The van der Waals surface area contributed by atoms with Crippen molar-refractivity contribution in [3.63, 3.8) is 0 Å². The highest BCUT2D eigenvalue weighted by Gasteiger charge is 2.40. The zero-order valence-electron chi connectivity index (χ0n) is 10.3. The maximum absolute atomic E-state index is 11.8. The quantitative estimate of drug-likeness (QED) is 0.572. The number of aliphatic hydroxyl groups is 1. The number of aliphatic hydroxyl groups excluding tert-OH is 1. The van der Waals surface area contributed by atoms with E-state index in [9.17, 15) is 9.59 Å². The van der Waals surface area contributed by atoms with Gasteiger partial charge in [-0.25, -0.2) is 0 Å². The van der Waals surface area contributed by atoms with Crippen LogP contribution in [-0.4, -0.2) is 23.6 Å². The molecule has 0 aliphatic heterocycles. The van der Waals surface area contributed by atoms with E-state index < -0.39 is 17.3 Å². The Balaban J connectivity index is 2.66. The van der Waals surface area contributed by atoms with E-state index in [4.69, 9.17) is 15.6 Å². The molecular formula is C13H17NO4. The third kappa shape index (κ3) is 3.30. The summed E-state index contributed by atoms with van der Waals surface area (Å²) in [5.74, 6) is -1.51. The first kappa shape index (κ1) is 14.2. The zero-order chi connectivity index (χ0) is 13.6. The van der Waals surface area contributed by atoms with E-state index in [2.05, 4.69) is 0 Å². The van der Waals surface area contributed by atoms with E-state index in [-0.39, 0.29) is 19.6 Å². The monoisotopic (exact) mass is 251 g/mol. The van der Waals surface area contributed by atoms with Gasteiger partial charge in [-0.1, -0.05) is 30.3 Å². The highest BCUT2D eigenvalue weighted by atomic mass is 16.5. The SMILES string of the molecule is CC(CCO)(C(N)=O)C(=O)OCc1ccccc1. The van der Waals surface area contributed by atoms with Crippen molar-refractivity contribution >= 4 is 11.9 Å². The summed E-state index contributed by atoms with van der Waals surface area (Å²) in [6.07, 6.45) is -0.0457. The molecule has 3 N–H and O–H groups in total. The van der Waals surface area contributed by atoms with Crippen molar-refractivity contribution < 1.29 is 19.4 Å². The predicted octanol–water partition coefficient (Wildman–Crippen LogP) is 0.604. The fraction of sp³-hybridized carbons (Fsp3) is 0.385. The standard InChI is InChI=1S/C13H17NO4/c1-13(7-8-15,11(14)16)12(17)18-9-10-5-3-2-4-6-10/h2-6,15H,7-9H2,1H3,(H2,14,16). The first-order valence-corrected chi connectivity index (χ1v) is 5.62. The number of rotatable bonds is 6. The number of nitrogens with two attached hydrogens (primary N) is 1. The Hall–Kier alpha value is -1.88. The number of ether oxygens (including phenoxy) is 1. The average molecular weight is 251 g/mol. The second kappa shape index (κ2) is 6.16. The molecule has 1 unspecified atom stereocenters. The predicted molar refractivity (Wildman–Crippen MR) is 65.2 cm³/mol. The molecule has 0 fully saturated rings. The Labute approximate surface area is 106 Å². The maximum Gasteiger partial charge on any atom is 0.321 e. The second-order valence-corrected chi connectivity index (χ2v) is 4.23. The van der Waals surface area contributed by atoms with Crippen molar-refractivity contribution in [1.82, 2.24) is 0 Å². The molecule has 0 spiro atoms. The molecule has 0 saturated heterocycles. The molecule has 5 nitrogen and oxygen atoms in total. The third-order valence-corrected chi connectivity index (χ3v) is 2.82. The van der Waals surface area contributed by atoms with Crippen molar-refractivity contribution in [2.24, 2.45) is 11.1 Å². The Kier molecular flexibility index (Phi) is 4.85. The smallest absolute Gasteiger partial charge is 0.321 e. The Bertz CT molecular complexity index is 418. The van der Waals surface area contributed by atoms with E-state index >= 15 is 0 Å². The summed E-state index contributed by atoms with van der Waals surface area (Å²) in [6.45, 7) is 1.15. The molecule has 1 aromatic carbocycles. The van der Waals surface area contributed by atoms with Gasteiger partial charge in [-0.15, -0.1) is 0 Å². The maximum atomic E-state index is 11.8. The summed E-state index contributed by atoms with van der Waals surface area (Å²) in [6, 6.07) is 9.11. The summed E-state index contributed by atoms with van der Waals surface area (Å²) < 4.78 is 5.06. The van der Waals surface area contributed by atoms with Gasteiger partial charge in [-0.2, -0.15) is 0 Å². The van der Waals surface area contributed by atoms with Crippen LogP contribution in [0.15, 0.2) is 30.3 Å². The summed E-state index contributed by atoms with van der Waals surface area (Å²) >= 11 is 0. The first-order chi connectivity index (χ1) is 8.50. The lowest BCUT2D eigenvalue weighted by molar-refractivity contribution is -0.161. The number of carbonyl (C=O) groups is 2. The lowest BCUT2D eigenvalue weighted by Gasteiger charge is -2.22. The molecule has 0 aliphatic carbocycles. The topological polar surface area (TPSA) is 89.6 Å². The largest absolute Gasteiger partial charge is 0.460 e. The fourth-order valence-electron chi connectivity index (χ4n) is 1.43. The molecular weight excluding hydrogens is 234 g/mol. The number of primary amides is 1. The lowest BCUT2D eigenvalue weighted by atomic mass is 9.86. The minimum Gasteiger partial charge on any atom is -0.460 e. The van der Waals surface area contributed by atoms with Crippen LogP contribution in [0, 0.1) is 5.41 Å². The molecule has 0 saturated carbocycles. The van der Waals surface area contributed by atoms with E-state index in [1.165, 1.54) is 6.92 Å². The summed E-state index contributed by atoms with van der Waals surface area (Å²) in [7, 11) is 0. The fourth-order valence-corrected chi connectivity index (χ4v) is 1.43. The van der Waals surface area contributed by atoms with Gasteiger partial charge in [0.1, 0.15) is 12.0 Å². The average Bonchev–Trinajstić information content (AvgIpc) is 2.37. The highest BCUT2D eigenvalue weighted by molar-refractivity contribution is 6.01. The van der Waals surface area contributed by atoms with Crippen LogP contribution in [0.2, 0.25) is 0 Å². The van der Waals surface area contributed by atoms with Gasteiger partial charge in [0.05, 0.1) is 0 Å². The molecule has 5 heteroatoms. The number of hydrogen-bond donors (Lipinski definition) is 2. The van der Waals surface area contributed by atoms with Crippen LogP contribution in [0.3, 0.4) is 0 Å². The summed E-state index contributed by atoms with van der Waals surface area (Å²) in [5.41, 5.74) is 4.51. The van der Waals surface area contributed by atoms with Gasteiger partial charge in [0.25, 0.3) is 0 Å². The molecule has 1 aromatic rings. The third-order valence-electron chi connectivity index (χ3n) is 2.82. The van der Waals surface area contributed by atoms with Crippen LogP contribution in [0.25, 0.3) is 0 Å². The summed E-state index contributed by atoms with van der Waals surface area (Å²) in [5, 5.41) is 8.87. The van der Waals surface area contributed by atoms with Crippen LogP contribution in [0.1, 0.15) is 18.9 Å². The molecule has 0 radical (unpaired) electrons. The van der Waals surface area contributed by atoms with Gasteiger partial charge in [0, 0.05) is 6.61 Å². The van der Waals surface area contributed by atoms with E-state index in [0.29, 0.717) is 0 Å². The molecule has 18 heavy (non-hydrogen) atoms. The van der Waals surface area contributed by atoms with Gasteiger partial charge in [-0.05, 0) is 18.9 Å². The van der Waals surface area contributed by atoms with E-state index in [1.807, 2.05) is 18.2 Å². The van der Waals surface area contributed by atoms with E-state index in [1.54, 1.807) is 12.1 Å². The highest BCUT2D eigenvalue weighted by Crippen LogP contribution is 2.23. The molecule has 98 valence electrons. The zero-order valence-corrected chi connectivity index (χ0v) is 10.3. The number of benzene rings is 1. The van der Waals surface area contributed by atoms with E-state index in [0.717, 1.165) is 5.56 Å². The number of esters is 1. The Morgan fingerprint density at radius 2 is 1.94 bits per heavy atom. The minimum absolute atomic E-state index is 0.0457. The van der Waals surface area contributed by atoms with Crippen LogP contribution in [-0.2, 0) is 20.9 Å².